The van der Waals surface area contributed by atoms with Gasteiger partial charge in [0.05, 0.1) is 11.3 Å². The zero-order valence-electron chi connectivity index (χ0n) is 12.0. The summed E-state index contributed by atoms with van der Waals surface area (Å²) in [5, 5.41) is 10.4. The molecule has 1 aromatic heterocycles. The number of carbonyl (C=O) groups is 1. The van der Waals surface area contributed by atoms with Gasteiger partial charge in [-0.15, -0.1) is 5.10 Å². The second kappa shape index (κ2) is 6.15. The Labute approximate surface area is 128 Å². The molecular weight excluding hydrogens is 318 g/mol. The van der Waals surface area contributed by atoms with Crippen LogP contribution in [0.15, 0.2) is 30.5 Å². The molecular formula is C13H11F4N5O. The number of hydrogen-bond acceptors (Lipinski definition) is 5. The molecule has 0 spiro atoms. The predicted molar refractivity (Wildman–Crippen MR) is 71.8 cm³/mol. The number of rotatable bonds is 4. The van der Waals surface area contributed by atoms with Crippen molar-refractivity contribution in [1.82, 2.24) is 25.1 Å². The average Bonchev–Trinajstić information content (AvgIpc) is 2.92. The summed E-state index contributed by atoms with van der Waals surface area (Å²) in [5.74, 6) is -3.00. The minimum Gasteiger partial charge on any atom is -0.383 e. The standard InChI is InChI=1S/C13H11F4N5O/c1-21(2)7-10(11(23)13(15,16)17)12-18-19-20-22(12)9-5-3-8(14)4-6-9/h3-7H,1-2H3/b10-7-. The third-order valence-corrected chi connectivity index (χ3v) is 2.67. The van der Waals surface area contributed by atoms with Gasteiger partial charge in [-0.25, -0.2) is 4.39 Å². The number of hydrogen-bond donors (Lipinski definition) is 0. The molecule has 0 amide bonds. The van der Waals surface area contributed by atoms with Crippen molar-refractivity contribution in [3.63, 3.8) is 0 Å². The lowest BCUT2D eigenvalue weighted by atomic mass is 10.1. The third kappa shape index (κ3) is 3.71. The molecule has 0 bridgehead atoms. The zero-order chi connectivity index (χ0) is 17.2. The summed E-state index contributed by atoms with van der Waals surface area (Å²) in [5.41, 5.74) is -0.511. The van der Waals surface area contributed by atoms with Crippen LogP contribution < -0.4 is 0 Å². The molecule has 0 aliphatic carbocycles. The van der Waals surface area contributed by atoms with Crippen molar-refractivity contribution in [2.45, 2.75) is 6.18 Å². The Bertz CT molecular complexity index is 734. The summed E-state index contributed by atoms with van der Waals surface area (Å²) >= 11 is 0. The van der Waals surface area contributed by atoms with Crippen molar-refractivity contribution >= 4 is 11.4 Å². The van der Waals surface area contributed by atoms with E-state index in [1.807, 2.05) is 0 Å². The number of nitrogens with zero attached hydrogens (tertiary/aromatic N) is 5. The first-order valence-corrected chi connectivity index (χ1v) is 6.24. The monoisotopic (exact) mass is 329 g/mol. The Morgan fingerprint density at radius 1 is 1.22 bits per heavy atom. The van der Waals surface area contributed by atoms with Crippen molar-refractivity contribution in [2.24, 2.45) is 0 Å². The van der Waals surface area contributed by atoms with E-state index >= 15 is 0 Å². The number of aromatic nitrogens is 4. The van der Waals surface area contributed by atoms with Crippen molar-refractivity contribution in [2.75, 3.05) is 14.1 Å². The maximum absolute atomic E-state index is 13.0. The molecule has 6 nitrogen and oxygen atoms in total. The normalized spacial score (nSPS) is 12.3. The van der Waals surface area contributed by atoms with Crippen LogP contribution in [0.25, 0.3) is 11.3 Å². The molecule has 0 saturated carbocycles. The van der Waals surface area contributed by atoms with Crippen molar-refractivity contribution in [3.05, 3.63) is 42.1 Å². The van der Waals surface area contributed by atoms with Gasteiger partial charge in [-0.2, -0.15) is 17.9 Å². The molecule has 0 fully saturated rings. The van der Waals surface area contributed by atoms with Gasteiger partial charge in [-0.3, -0.25) is 4.79 Å². The number of ketones is 1. The summed E-state index contributed by atoms with van der Waals surface area (Å²) in [6.07, 6.45) is -4.11. The number of benzene rings is 1. The van der Waals surface area contributed by atoms with Gasteiger partial charge in [0.2, 0.25) is 0 Å². The Kier molecular flexibility index (Phi) is 4.43. The highest BCUT2D eigenvalue weighted by Gasteiger charge is 2.43. The van der Waals surface area contributed by atoms with Crippen LogP contribution in [0, 0.1) is 5.82 Å². The van der Waals surface area contributed by atoms with Gasteiger partial charge in [-0.05, 0) is 34.7 Å². The Balaban J connectivity index is 2.56. The number of carbonyl (C=O) groups excluding carboxylic acids is 1. The Hall–Kier alpha value is -2.78. The van der Waals surface area contributed by atoms with Crippen molar-refractivity contribution in [3.8, 4) is 5.69 Å². The fourth-order valence-corrected chi connectivity index (χ4v) is 1.74. The first-order chi connectivity index (χ1) is 10.7. The molecule has 0 atom stereocenters. The molecule has 0 unspecified atom stereocenters. The molecule has 1 heterocycles. The SMILES string of the molecule is CN(C)/C=C(/C(=O)C(F)(F)F)c1nnnn1-c1ccc(F)cc1. The Morgan fingerprint density at radius 2 is 1.83 bits per heavy atom. The smallest absolute Gasteiger partial charge is 0.383 e. The lowest BCUT2D eigenvalue weighted by molar-refractivity contribution is -0.164. The fourth-order valence-electron chi connectivity index (χ4n) is 1.74. The zero-order valence-corrected chi connectivity index (χ0v) is 12.0. The molecule has 2 rings (SSSR count). The van der Waals surface area contributed by atoms with Crippen molar-refractivity contribution in [1.29, 1.82) is 0 Å². The van der Waals surface area contributed by atoms with Gasteiger partial charge in [0.15, 0.2) is 5.82 Å². The van der Waals surface area contributed by atoms with E-state index < -0.39 is 29.2 Å². The molecule has 23 heavy (non-hydrogen) atoms. The van der Waals surface area contributed by atoms with Gasteiger partial charge in [-0.1, -0.05) is 0 Å². The van der Waals surface area contributed by atoms with Crippen LogP contribution in [0.4, 0.5) is 17.6 Å². The first-order valence-electron chi connectivity index (χ1n) is 6.24. The van der Waals surface area contributed by atoms with Crippen LogP contribution in [0.1, 0.15) is 5.82 Å². The number of halogens is 4. The molecule has 0 saturated heterocycles. The molecule has 1 aromatic carbocycles. The second-order valence-corrected chi connectivity index (χ2v) is 4.72. The lowest BCUT2D eigenvalue weighted by Crippen LogP contribution is -2.26. The average molecular weight is 329 g/mol. The summed E-state index contributed by atoms with van der Waals surface area (Å²) in [7, 11) is 2.91. The van der Waals surface area contributed by atoms with Crippen LogP contribution in [-0.4, -0.2) is 51.2 Å². The van der Waals surface area contributed by atoms with E-state index in [0.717, 1.165) is 23.0 Å². The van der Waals surface area contributed by atoms with Gasteiger partial charge < -0.3 is 4.90 Å². The maximum Gasteiger partial charge on any atom is 0.455 e. The highest BCUT2D eigenvalue weighted by molar-refractivity contribution is 6.22. The van der Waals surface area contributed by atoms with Crippen LogP contribution in [0.2, 0.25) is 0 Å². The van der Waals surface area contributed by atoms with E-state index in [1.54, 1.807) is 0 Å². The quantitative estimate of drug-likeness (QED) is 0.633. The van der Waals surface area contributed by atoms with Gasteiger partial charge >= 0.3 is 6.18 Å². The van der Waals surface area contributed by atoms with Crippen LogP contribution >= 0.6 is 0 Å². The highest BCUT2D eigenvalue weighted by Crippen LogP contribution is 2.27. The lowest BCUT2D eigenvalue weighted by Gasteiger charge is -2.13. The van der Waals surface area contributed by atoms with E-state index in [0.29, 0.717) is 0 Å². The van der Waals surface area contributed by atoms with Crippen LogP contribution in [0.3, 0.4) is 0 Å². The van der Waals surface area contributed by atoms with E-state index in [1.165, 1.54) is 31.1 Å². The fraction of sp³-hybridized carbons (Fsp3) is 0.231. The summed E-state index contributed by atoms with van der Waals surface area (Å²) < 4.78 is 52.3. The second-order valence-electron chi connectivity index (χ2n) is 4.72. The largest absolute Gasteiger partial charge is 0.455 e. The summed E-state index contributed by atoms with van der Waals surface area (Å²) in [6, 6.07) is 4.75. The minimum atomic E-state index is -5.08. The summed E-state index contributed by atoms with van der Waals surface area (Å²) in [4.78, 5) is 12.9. The number of tetrazole rings is 1. The minimum absolute atomic E-state index is 0.214. The molecule has 10 heteroatoms. The summed E-state index contributed by atoms with van der Waals surface area (Å²) in [6.45, 7) is 0. The number of alkyl halides is 3. The van der Waals surface area contributed by atoms with Crippen LogP contribution in [-0.2, 0) is 4.79 Å². The van der Waals surface area contributed by atoms with E-state index in [9.17, 15) is 22.4 Å². The maximum atomic E-state index is 13.0. The van der Waals surface area contributed by atoms with E-state index in [2.05, 4.69) is 15.5 Å². The molecule has 0 aliphatic rings. The number of Topliss-reactive ketones (excluding diaryl/α,β-unsaturated/α-hetero) is 1. The van der Waals surface area contributed by atoms with E-state index in [4.69, 9.17) is 0 Å². The Morgan fingerprint density at radius 3 is 2.35 bits per heavy atom. The van der Waals surface area contributed by atoms with Crippen LogP contribution in [0.5, 0.6) is 0 Å². The highest BCUT2D eigenvalue weighted by atomic mass is 19.4. The first kappa shape index (κ1) is 16.6. The number of allylic oxidation sites excluding steroid dienone is 1. The molecule has 122 valence electrons. The molecule has 0 N–H and O–H groups in total. The topological polar surface area (TPSA) is 63.9 Å². The van der Waals surface area contributed by atoms with Gasteiger partial charge in [0.25, 0.3) is 5.78 Å². The van der Waals surface area contributed by atoms with Crippen molar-refractivity contribution < 1.29 is 22.4 Å². The predicted octanol–water partition coefficient (Wildman–Crippen LogP) is 1.84. The molecule has 0 aliphatic heterocycles. The van der Waals surface area contributed by atoms with Gasteiger partial charge in [0.1, 0.15) is 5.82 Å². The molecule has 0 radical (unpaired) electrons. The molecule has 2 aromatic rings. The van der Waals surface area contributed by atoms with E-state index in [-0.39, 0.29) is 5.69 Å². The van der Waals surface area contributed by atoms with Gasteiger partial charge in [0, 0.05) is 20.3 Å². The third-order valence-electron chi connectivity index (χ3n) is 2.67.